The van der Waals surface area contributed by atoms with Gasteiger partial charge in [-0.3, -0.25) is 15.1 Å². The summed E-state index contributed by atoms with van der Waals surface area (Å²) in [4.78, 5) is 13.2. The number of nitrogens with zero attached hydrogens (tertiary/aromatic N) is 1. The van der Waals surface area contributed by atoms with Crippen molar-refractivity contribution in [3.8, 4) is 0 Å². The van der Waals surface area contributed by atoms with Gasteiger partial charge in [-0.15, -0.1) is 0 Å². The van der Waals surface area contributed by atoms with E-state index in [1.165, 1.54) is 0 Å². The molecule has 0 aliphatic heterocycles. The van der Waals surface area contributed by atoms with Crippen LogP contribution in [0.5, 0.6) is 0 Å². The summed E-state index contributed by atoms with van der Waals surface area (Å²) in [5, 5.41) is 0. The van der Waals surface area contributed by atoms with Crippen LogP contribution in [0.4, 0.5) is 0 Å². The number of likely N-dealkylation sites (N-methyl/N-ethyl adjacent to an activating group) is 1. The van der Waals surface area contributed by atoms with Gasteiger partial charge in [0.1, 0.15) is 0 Å². The number of hydrogen-bond donors (Lipinski definition) is 2. The summed E-state index contributed by atoms with van der Waals surface area (Å²) in [6, 6.07) is 0.254. The summed E-state index contributed by atoms with van der Waals surface area (Å²) in [7, 11) is 1.94. The number of carbonyl (C=O) groups is 1. The van der Waals surface area contributed by atoms with E-state index in [0.29, 0.717) is 6.04 Å². The van der Waals surface area contributed by atoms with Gasteiger partial charge in [0.25, 0.3) is 5.91 Å². The van der Waals surface area contributed by atoms with Crippen LogP contribution in [-0.2, 0) is 4.79 Å². The zero-order valence-corrected chi connectivity index (χ0v) is 9.00. The largest absolute Gasteiger partial charge is 0.293 e. The third kappa shape index (κ3) is 3.74. The van der Waals surface area contributed by atoms with E-state index in [0.717, 1.165) is 12.8 Å². The smallest absolute Gasteiger partial charge is 0.250 e. The van der Waals surface area contributed by atoms with Crippen LogP contribution >= 0.6 is 0 Å². The monoisotopic (exact) mass is 187 g/mol. The maximum Gasteiger partial charge on any atom is 0.250 e. The molecule has 0 aliphatic carbocycles. The van der Waals surface area contributed by atoms with E-state index in [-0.39, 0.29) is 11.9 Å². The molecule has 0 radical (unpaired) electrons. The van der Waals surface area contributed by atoms with Crippen molar-refractivity contribution >= 4 is 5.91 Å². The molecule has 0 heterocycles. The van der Waals surface area contributed by atoms with Crippen LogP contribution in [0.3, 0.4) is 0 Å². The van der Waals surface area contributed by atoms with E-state index in [4.69, 9.17) is 5.84 Å². The molecule has 0 aromatic carbocycles. The van der Waals surface area contributed by atoms with Crippen molar-refractivity contribution in [1.82, 2.24) is 10.3 Å². The zero-order valence-electron chi connectivity index (χ0n) is 9.00. The van der Waals surface area contributed by atoms with Crippen LogP contribution in [0.25, 0.3) is 0 Å². The minimum absolute atomic E-state index is 0.134. The predicted octanol–water partition coefficient (Wildman–Crippen LogP) is 0.485. The maximum absolute atomic E-state index is 11.2. The standard InChI is InChI=1S/C9H21N3O/c1-5-6-7(2)12(4)8(3)9(13)11-10/h7-8H,5-6,10H2,1-4H3,(H,11,13). The summed E-state index contributed by atoms with van der Waals surface area (Å²) < 4.78 is 0. The van der Waals surface area contributed by atoms with E-state index in [1.807, 2.05) is 18.9 Å². The summed E-state index contributed by atoms with van der Waals surface area (Å²) in [5.41, 5.74) is 2.16. The fourth-order valence-corrected chi connectivity index (χ4v) is 1.31. The average molecular weight is 187 g/mol. The number of hydrogen-bond acceptors (Lipinski definition) is 3. The Kier molecular flexibility index (Phi) is 5.66. The first-order chi connectivity index (χ1) is 6.04. The molecule has 4 nitrogen and oxygen atoms in total. The molecular weight excluding hydrogens is 166 g/mol. The highest BCUT2D eigenvalue weighted by atomic mass is 16.2. The second kappa shape index (κ2) is 5.94. The summed E-state index contributed by atoms with van der Waals surface area (Å²) in [6.07, 6.45) is 2.22. The van der Waals surface area contributed by atoms with Crippen molar-refractivity contribution in [3.63, 3.8) is 0 Å². The van der Waals surface area contributed by atoms with E-state index in [9.17, 15) is 4.79 Å². The van der Waals surface area contributed by atoms with E-state index >= 15 is 0 Å². The average Bonchev–Trinajstić information content (AvgIpc) is 2.14. The van der Waals surface area contributed by atoms with Crippen molar-refractivity contribution in [2.24, 2.45) is 5.84 Å². The number of hydrazine groups is 1. The Morgan fingerprint density at radius 1 is 1.54 bits per heavy atom. The van der Waals surface area contributed by atoms with Gasteiger partial charge < -0.3 is 0 Å². The molecule has 0 saturated heterocycles. The second-order valence-corrected chi connectivity index (χ2v) is 3.49. The normalized spacial score (nSPS) is 15.5. The van der Waals surface area contributed by atoms with Gasteiger partial charge >= 0.3 is 0 Å². The Morgan fingerprint density at radius 2 is 2.08 bits per heavy atom. The maximum atomic E-state index is 11.2. The lowest BCUT2D eigenvalue weighted by Crippen LogP contribution is -2.48. The molecule has 3 N–H and O–H groups in total. The van der Waals surface area contributed by atoms with Crippen molar-refractivity contribution in [3.05, 3.63) is 0 Å². The highest BCUT2D eigenvalue weighted by molar-refractivity contribution is 5.80. The summed E-state index contributed by atoms with van der Waals surface area (Å²) in [6.45, 7) is 6.11. The number of carbonyl (C=O) groups excluding carboxylic acids is 1. The van der Waals surface area contributed by atoms with E-state index in [2.05, 4.69) is 19.3 Å². The fourth-order valence-electron chi connectivity index (χ4n) is 1.31. The van der Waals surface area contributed by atoms with Gasteiger partial charge in [-0.1, -0.05) is 13.3 Å². The Bertz CT molecular complexity index is 161. The lowest BCUT2D eigenvalue weighted by atomic mass is 10.1. The van der Waals surface area contributed by atoms with Gasteiger partial charge in [0.05, 0.1) is 6.04 Å². The highest BCUT2D eigenvalue weighted by Crippen LogP contribution is 2.07. The first-order valence-electron chi connectivity index (χ1n) is 4.77. The topological polar surface area (TPSA) is 58.4 Å². The molecular formula is C9H21N3O. The summed E-state index contributed by atoms with van der Waals surface area (Å²) >= 11 is 0. The van der Waals surface area contributed by atoms with Gasteiger partial charge in [-0.2, -0.15) is 0 Å². The fraction of sp³-hybridized carbons (Fsp3) is 0.889. The number of amides is 1. The molecule has 4 heteroatoms. The van der Waals surface area contributed by atoms with Crippen LogP contribution in [0.15, 0.2) is 0 Å². The quantitative estimate of drug-likeness (QED) is 0.374. The van der Waals surface area contributed by atoms with Gasteiger partial charge in [0.15, 0.2) is 0 Å². The predicted molar refractivity (Wildman–Crippen MR) is 53.9 cm³/mol. The van der Waals surface area contributed by atoms with Crippen LogP contribution in [0, 0.1) is 0 Å². The number of rotatable bonds is 5. The van der Waals surface area contributed by atoms with Crippen molar-refractivity contribution < 1.29 is 4.79 Å². The van der Waals surface area contributed by atoms with E-state index in [1.54, 1.807) is 0 Å². The molecule has 0 rings (SSSR count). The molecule has 0 saturated carbocycles. The second-order valence-electron chi connectivity index (χ2n) is 3.49. The molecule has 0 spiro atoms. The van der Waals surface area contributed by atoms with Crippen LogP contribution in [0.1, 0.15) is 33.6 Å². The molecule has 0 fully saturated rings. The molecule has 0 aromatic heterocycles. The van der Waals surface area contributed by atoms with E-state index < -0.39 is 0 Å². The molecule has 0 bridgehead atoms. The molecule has 0 aromatic rings. The van der Waals surface area contributed by atoms with Crippen molar-refractivity contribution in [2.75, 3.05) is 7.05 Å². The third-order valence-corrected chi connectivity index (χ3v) is 2.53. The Hall–Kier alpha value is -0.610. The molecule has 0 aliphatic rings. The van der Waals surface area contributed by atoms with Gasteiger partial charge in [-0.25, -0.2) is 5.84 Å². The van der Waals surface area contributed by atoms with Crippen LogP contribution in [0.2, 0.25) is 0 Å². The lowest BCUT2D eigenvalue weighted by Gasteiger charge is -2.29. The minimum Gasteiger partial charge on any atom is -0.293 e. The first kappa shape index (κ1) is 12.4. The van der Waals surface area contributed by atoms with Gasteiger partial charge in [-0.05, 0) is 27.3 Å². The van der Waals surface area contributed by atoms with Crippen LogP contribution in [-0.4, -0.2) is 29.9 Å². The highest BCUT2D eigenvalue weighted by Gasteiger charge is 2.20. The SMILES string of the molecule is CCCC(C)N(C)C(C)C(=O)NN. The lowest BCUT2D eigenvalue weighted by molar-refractivity contribution is -0.126. The summed E-state index contributed by atoms with van der Waals surface area (Å²) in [5.74, 6) is 4.92. The Labute approximate surface area is 80.4 Å². The number of nitrogens with two attached hydrogens (primary N) is 1. The molecule has 2 unspecified atom stereocenters. The molecule has 2 atom stereocenters. The molecule has 1 amide bonds. The molecule has 78 valence electrons. The Morgan fingerprint density at radius 3 is 2.46 bits per heavy atom. The molecule has 13 heavy (non-hydrogen) atoms. The third-order valence-electron chi connectivity index (χ3n) is 2.53. The minimum atomic E-state index is -0.161. The van der Waals surface area contributed by atoms with Gasteiger partial charge in [0.2, 0.25) is 0 Å². The van der Waals surface area contributed by atoms with Crippen molar-refractivity contribution in [2.45, 2.75) is 45.7 Å². The van der Waals surface area contributed by atoms with Crippen LogP contribution < -0.4 is 11.3 Å². The zero-order chi connectivity index (χ0) is 10.4. The first-order valence-corrected chi connectivity index (χ1v) is 4.77. The van der Waals surface area contributed by atoms with Crippen molar-refractivity contribution in [1.29, 1.82) is 0 Å². The number of nitrogens with one attached hydrogen (secondary N) is 1. The Balaban J connectivity index is 4.07. The van der Waals surface area contributed by atoms with Gasteiger partial charge in [0, 0.05) is 6.04 Å².